The monoisotopic (exact) mass is 1060 g/mol. The van der Waals surface area contributed by atoms with Crippen LogP contribution in [0.15, 0.2) is 134 Å². The lowest BCUT2D eigenvalue weighted by Crippen LogP contribution is -2.45. The largest absolute Gasteiger partial charge is 0.394 e. The first kappa shape index (κ1) is 73.5. The molecule has 0 aromatic heterocycles. The maximum absolute atomic E-state index is 12.5. The Hall–Kier alpha value is -3.47. The van der Waals surface area contributed by atoms with Crippen molar-refractivity contribution in [3.8, 4) is 0 Å². The van der Waals surface area contributed by atoms with E-state index < -0.39 is 12.1 Å². The lowest BCUT2D eigenvalue weighted by atomic mass is 10.0. The van der Waals surface area contributed by atoms with E-state index in [1.807, 2.05) is 0 Å². The topological polar surface area (TPSA) is 69.6 Å². The molecule has 0 aliphatic heterocycles. The summed E-state index contributed by atoms with van der Waals surface area (Å²) in [6.07, 6.45) is 103. The first-order valence-corrected chi connectivity index (χ1v) is 32.9. The highest BCUT2D eigenvalue weighted by molar-refractivity contribution is 5.76. The second kappa shape index (κ2) is 66.8. The molecule has 0 aromatic rings. The molecule has 0 aromatic carbocycles. The van der Waals surface area contributed by atoms with Gasteiger partial charge in [-0.3, -0.25) is 4.79 Å². The summed E-state index contributed by atoms with van der Waals surface area (Å²) in [5.41, 5.74) is 0. The molecule has 1 amide bonds. The zero-order chi connectivity index (χ0) is 55.5. The van der Waals surface area contributed by atoms with Gasteiger partial charge in [-0.25, -0.2) is 0 Å². The van der Waals surface area contributed by atoms with Gasteiger partial charge in [0.15, 0.2) is 0 Å². The average Bonchev–Trinajstić information content (AvgIpc) is 3.43. The van der Waals surface area contributed by atoms with Gasteiger partial charge in [-0.05, 0) is 96.3 Å². The van der Waals surface area contributed by atoms with Crippen molar-refractivity contribution in [1.29, 1.82) is 0 Å². The number of allylic oxidation sites excluding steroid dienone is 22. The Labute approximate surface area is 479 Å². The van der Waals surface area contributed by atoms with Crippen LogP contribution < -0.4 is 5.32 Å². The summed E-state index contributed by atoms with van der Waals surface area (Å²) in [5.74, 6) is -0.0650. The number of amides is 1. The van der Waals surface area contributed by atoms with Gasteiger partial charge < -0.3 is 15.5 Å². The molecule has 0 bridgehead atoms. The number of rotatable bonds is 59. The van der Waals surface area contributed by atoms with E-state index in [2.05, 4.69) is 153 Å². The minimum atomic E-state index is -0.686. The predicted molar refractivity (Wildman–Crippen MR) is 345 cm³/mol. The Morgan fingerprint density at radius 1 is 0.325 bits per heavy atom. The number of hydrogen-bond acceptors (Lipinski definition) is 3. The van der Waals surface area contributed by atoms with Crippen LogP contribution in [0.4, 0.5) is 0 Å². The Morgan fingerprint density at radius 3 is 0.844 bits per heavy atom. The molecule has 0 aliphatic rings. The minimum Gasteiger partial charge on any atom is -0.394 e. The fourth-order valence-electron chi connectivity index (χ4n) is 9.49. The lowest BCUT2D eigenvalue weighted by molar-refractivity contribution is -0.123. The predicted octanol–water partition coefficient (Wildman–Crippen LogP) is 22.5. The summed E-state index contributed by atoms with van der Waals surface area (Å²) in [5, 5.41) is 23.4. The molecule has 0 heterocycles. The van der Waals surface area contributed by atoms with Crippen LogP contribution in [0.3, 0.4) is 0 Å². The van der Waals surface area contributed by atoms with E-state index in [9.17, 15) is 15.0 Å². The maximum atomic E-state index is 12.5. The summed E-state index contributed by atoms with van der Waals surface area (Å²) in [4.78, 5) is 12.5. The summed E-state index contributed by atoms with van der Waals surface area (Å²) in [7, 11) is 0. The molecule has 3 N–H and O–H groups in total. The van der Waals surface area contributed by atoms with Crippen molar-refractivity contribution in [1.82, 2.24) is 5.32 Å². The molecular formula is C73H125NO3. The first-order valence-electron chi connectivity index (χ1n) is 32.9. The van der Waals surface area contributed by atoms with Crippen LogP contribution in [0.5, 0.6) is 0 Å². The number of carbonyl (C=O) groups is 1. The summed E-state index contributed by atoms with van der Waals surface area (Å²) >= 11 is 0. The van der Waals surface area contributed by atoms with Gasteiger partial charge in [-0.15, -0.1) is 0 Å². The Balaban J connectivity index is 3.61. The van der Waals surface area contributed by atoms with Crippen molar-refractivity contribution in [3.63, 3.8) is 0 Å². The van der Waals surface area contributed by atoms with Gasteiger partial charge >= 0.3 is 0 Å². The standard InChI is InChI=1S/C73H125NO3/c1-3-5-7-9-11-13-15-17-19-21-23-25-27-29-31-33-34-35-36-37-38-39-40-41-43-45-47-49-51-53-55-57-59-61-63-65-67-69-73(77)74-71(70-75)72(76)68-66-64-62-60-58-56-54-52-50-48-46-44-42-32-30-28-26-24-22-20-18-16-14-12-10-8-6-4-2/h5,7,11,13,17,19,23,25,29,31,34-35,37-38,40-41,45,47,51,53,57,59,71-72,75-76H,3-4,6,8-10,12,14-16,18,20-22,24,26-28,30,32-33,36,39,42-44,46,48-50,52,54-56,58,60-70H2,1-2H3,(H,74,77)/b7-5-,13-11-,19-17-,25-23-,31-29-,35-34-,38-37-,41-40-,47-45-,53-51-,59-57-. The van der Waals surface area contributed by atoms with Crippen LogP contribution in [0.2, 0.25) is 0 Å². The lowest BCUT2D eigenvalue weighted by Gasteiger charge is -2.22. The van der Waals surface area contributed by atoms with Crippen molar-refractivity contribution in [3.05, 3.63) is 134 Å². The zero-order valence-electron chi connectivity index (χ0n) is 50.7. The van der Waals surface area contributed by atoms with E-state index in [0.717, 1.165) is 109 Å². The van der Waals surface area contributed by atoms with Crippen LogP contribution in [0.25, 0.3) is 0 Å². The summed E-state index contributed by atoms with van der Waals surface area (Å²) in [6, 6.07) is -0.566. The van der Waals surface area contributed by atoms with Crippen molar-refractivity contribution in [2.75, 3.05) is 6.61 Å². The SMILES string of the molecule is CC/C=C\C/C=C\C/C=C\C/C=C\C/C=C\C/C=C\C/C=C\C/C=C\C/C=C\C/C=C\C/C=C\CCCCCC(=O)NC(CO)C(O)CCCCCCCCCCCCCCCCCCCCCCCCCCCCCC. The van der Waals surface area contributed by atoms with Crippen molar-refractivity contribution < 1.29 is 15.0 Å². The van der Waals surface area contributed by atoms with E-state index in [-0.39, 0.29) is 12.5 Å². The molecule has 0 spiro atoms. The van der Waals surface area contributed by atoms with E-state index in [0.29, 0.717) is 12.8 Å². The number of aliphatic hydroxyl groups is 2. The smallest absolute Gasteiger partial charge is 0.220 e. The number of carbonyl (C=O) groups excluding carboxylic acids is 1. The van der Waals surface area contributed by atoms with Crippen molar-refractivity contribution in [2.24, 2.45) is 0 Å². The molecular weight excluding hydrogens is 939 g/mol. The van der Waals surface area contributed by atoms with Gasteiger partial charge in [-0.2, -0.15) is 0 Å². The molecule has 77 heavy (non-hydrogen) atoms. The number of aliphatic hydroxyl groups excluding tert-OH is 2. The van der Waals surface area contributed by atoms with Crippen LogP contribution in [-0.2, 0) is 4.79 Å². The molecule has 4 nitrogen and oxygen atoms in total. The molecule has 4 heteroatoms. The molecule has 0 saturated carbocycles. The Kier molecular flexibility index (Phi) is 63.8. The number of unbranched alkanes of at least 4 members (excludes halogenated alkanes) is 30. The van der Waals surface area contributed by atoms with Gasteiger partial charge in [-0.1, -0.05) is 334 Å². The number of nitrogens with one attached hydrogen (secondary N) is 1. The minimum absolute atomic E-state index is 0.0650. The maximum Gasteiger partial charge on any atom is 0.220 e. The van der Waals surface area contributed by atoms with Gasteiger partial charge in [0.2, 0.25) is 5.91 Å². The Bertz CT molecular complexity index is 1540. The van der Waals surface area contributed by atoms with Crippen LogP contribution in [-0.4, -0.2) is 34.9 Å². The van der Waals surface area contributed by atoms with E-state index in [1.165, 1.54) is 167 Å². The third-order valence-corrected chi connectivity index (χ3v) is 14.4. The van der Waals surface area contributed by atoms with E-state index in [1.54, 1.807) is 0 Å². The molecule has 440 valence electrons. The third-order valence-electron chi connectivity index (χ3n) is 14.4. The fraction of sp³-hybridized carbons (Fsp3) is 0.685. The average molecular weight is 1060 g/mol. The quantitative estimate of drug-likeness (QED) is 0.0420. The van der Waals surface area contributed by atoms with Gasteiger partial charge in [0, 0.05) is 6.42 Å². The van der Waals surface area contributed by atoms with Crippen LogP contribution >= 0.6 is 0 Å². The Morgan fingerprint density at radius 2 is 0.571 bits per heavy atom. The molecule has 0 rings (SSSR count). The van der Waals surface area contributed by atoms with Gasteiger partial charge in [0.05, 0.1) is 18.8 Å². The second-order valence-corrected chi connectivity index (χ2v) is 21.8. The molecule has 2 unspecified atom stereocenters. The molecule has 0 fully saturated rings. The molecule has 0 saturated heterocycles. The second-order valence-electron chi connectivity index (χ2n) is 21.8. The normalized spacial score (nSPS) is 13.7. The van der Waals surface area contributed by atoms with Gasteiger partial charge in [0.25, 0.3) is 0 Å². The van der Waals surface area contributed by atoms with Crippen LogP contribution in [0, 0.1) is 0 Å². The fourth-order valence-corrected chi connectivity index (χ4v) is 9.49. The highest BCUT2D eigenvalue weighted by Gasteiger charge is 2.20. The zero-order valence-corrected chi connectivity index (χ0v) is 50.7. The van der Waals surface area contributed by atoms with E-state index in [4.69, 9.17) is 0 Å². The summed E-state index contributed by atoms with van der Waals surface area (Å²) < 4.78 is 0. The van der Waals surface area contributed by atoms with Gasteiger partial charge in [0.1, 0.15) is 0 Å². The molecule has 0 aliphatic carbocycles. The number of hydrogen-bond donors (Lipinski definition) is 3. The highest BCUT2D eigenvalue weighted by atomic mass is 16.3. The summed E-state index contributed by atoms with van der Waals surface area (Å²) in [6.45, 7) is 4.25. The highest BCUT2D eigenvalue weighted by Crippen LogP contribution is 2.17. The molecule has 0 radical (unpaired) electrons. The van der Waals surface area contributed by atoms with Crippen molar-refractivity contribution in [2.45, 2.75) is 315 Å². The van der Waals surface area contributed by atoms with Crippen LogP contribution in [0.1, 0.15) is 303 Å². The third kappa shape index (κ3) is 63.2. The molecule has 2 atom stereocenters. The first-order chi connectivity index (χ1) is 38.2. The van der Waals surface area contributed by atoms with Crippen molar-refractivity contribution >= 4 is 5.91 Å². The van der Waals surface area contributed by atoms with E-state index >= 15 is 0 Å².